The van der Waals surface area contributed by atoms with Crippen LogP contribution in [0.1, 0.15) is 66.2 Å². The third kappa shape index (κ3) is 6.63. The van der Waals surface area contributed by atoms with Crippen LogP contribution in [0.4, 0.5) is 4.39 Å². The molecule has 3 fully saturated rings. The van der Waals surface area contributed by atoms with E-state index in [1.165, 1.54) is 51.6 Å². The Morgan fingerprint density at radius 2 is 1.35 bits per heavy atom. The number of piperidine rings is 2. The Balaban J connectivity index is 1.41. The van der Waals surface area contributed by atoms with E-state index in [1.54, 1.807) is 7.11 Å². The summed E-state index contributed by atoms with van der Waals surface area (Å²) >= 11 is 0. The van der Waals surface area contributed by atoms with Gasteiger partial charge in [-0.1, -0.05) is 0 Å². The van der Waals surface area contributed by atoms with E-state index in [9.17, 15) is 4.39 Å². The SMILES string of the molecule is COCCN(C)C1CCN(C(C)(C)CCC(C)(C)N2CCC(N3CC(F)C3)CC2)CC1. The standard InChI is InChI=1S/C25H49FN4O/c1-24(2,29-13-7-22(8-14-29)27(5)17-18-31-6)11-12-25(3,4)30-15-9-23(10-16-30)28-19-21(26)20-28/h21-23H,7-20H2,1-6H3. The number of nitrogens with zero attached hydrogens (tertiary/aromatic N) is 4. The minimum absolute atomic E-state index is 0.235. The van der Waals surface area contributed by atoms with Crippen molar-refractivity contribution in [3.63, 3.8) is 0 Å². The molecule has 6 heteroatoms. The molecule has 0 aromatic carbocycles. The highest BCUT2D eigenvalue weighted by Crippen LogP contribution is 2.33. The summed E-state index contributed by atoms with van der Waals surface area (Å²) in [4.78, 5) is 10.3. The van der Waals surface area contributed by atoms with Gasteiger partial charge in [0.2, 0.25) is 0 Å². The lowest BCUT2D eigenvalue weighted by molar-refractivity contribution is -0.0197. The molecule has 3 heterocycles. The maximum Gasteiger partial charge on any atom is 0.125 e. The van der Waals surface area contributed by atoms with Crippen molar-refractivity contribution < 1.29 is 9.13 Å². The molecule has 0 spiro atoms. The monoisotopic (exact) mass is 440 g/mol. The molecule has 0 amide bonds. The lowest BCUT2D eigenvalue weighted by atomic mass is 9.84. The molecule has 3 aliphatic rings. The van der Waals surface area contributed by atoms with Crippen LogP contribution < -0.4 is 0 Å². The molecule has 0 saturated carbocycles. The van der Waals surface area contributed by atoms with E-state index >= 15 is 0 Å². The molecule has 0 aliphatic carbocycles. The van der Waals surface area contributed by atoms with Gasteiger partial charge in [-0.3, -0.25) is 14.7 Å². The summed E-state index contributed by atoms with van der Waals surface area (Å²) in [6, 6.07) is 1.30. The van der Waals surface area contributed by atoms with E-state index in [0.717, 1.165) is 26.2 Å². The highest BCUT2D eigenvalue weighted by Gasteiger charge is 2.38. The lowest BCUT2D eigenvalue weighted by Crippen LogP contribution is -2.58. The maximum atomic E-state index is 13.2. The molecule has 0 radical (unpaired) electrons. The van der Waals surface area contributed by atoms with Gasteiger partial charge >= 0.3 is 0 Å². The van der Waals surface area contributed by atoms with Gasteiger partial charge in [-0.2, -0.15) is 0 Å². The third-order valence-electron chi connectivity index (χ3n) is 8.64. The van der Waals surface area contributed by atoms with Crippen molar-refractivity contribution >= 4 is 0 Å². The van der Waals surface area contributed by atoms with Crippen LogP contribution in [0, 0.1) is 0 Å². The molecular weight excluding hydrogens is 391 g/mol. The van der Waals surface area contributed by atoms with Gasteiger partial charge in [-0.05, 0) is 73.3 Å². The van der Waals surface area contributed by atoms with Gasteiger partial charge in [0.15, 0.2) is 0 Å². The fourth-order valence-electron chi connectivity index (χ4n) is 5.85. The largest absolute Gasteiger partial charge is 0.383 e. The van der Waals surface area contributed by atoms with E-state index < -0.39 is 6.17 Å². The second-order valence-corrected chi connectivity index (χ2v) is 11.6. The minimum atomic E-state index is -0.576. The topological polar surface area (TPSA) is 22.2 Å². The molecule has 5 nitrogen and oxygen atoms in total. The highest BCUT2D eigenvalue weighted by atomic mass is 19.1. The predicted molar refractivity (Wildman–Crippen MR) is 128 cm³/mol. The average molecular weight is 441 g/mol. The van der Waals surface area contributed by atoms with Gasteiger partial charge in [-0.25, -0.2) is 4.39 Å². The Morgan fingerprint density at radius 3 is 1.81 bits per heavy atom. The summed E-state index contributed by atoms with van der Waals surface area (Å²) in [5.41, 5.74) is 0.484. The second kappa shape index (κ2) is 10.8. The zero-order chi connectivity index (χ0) is 22.6. The molecule has 31 heavy (non-hydrogen) atoms. The first kappa shape index (κ1) is 25.4. The molecule has 3 aliphatic heterocycles. The van der Waals surface area contributed by atoms with Gasteiger partial charge in [0.25, 0.3) is 0 Å². The normalized spacial score (nSPS) is 24.8. The van der Waals surface area contributed by atoms with Crippen LogP contribution in [-0.4, -0.2) is 116 Å². The van der Waals surface area contributed by atoms with Crippen LogP contribution in [0.2, 0.25) is 0 Å². The smallest absolute Gasteiger partial charge is 0.125 e. The zero-order valence-electron chi connectivity index (χ0n) is 21.2. The first-order valence-corrected chi connectivity index (χ1v) is 12.7. The first-order valence-electron chi connectivity index (χ1n) is 12.7. The molecule has 0 bridgehead atoms. The van der Waals surface area contributed by atoms with E-state index in [-0.39, 0.29) is 11.1 Å². The molecule has 3 saturated heterocycles. The summed E-state index contributed by atoms with van der Waals surface area (Å²) in [7, 11) is 4.03. The molecule has 0 unspecified atom stereocenters. The molecule has 3 rings (SSSR count). The van der Waals surface area contributed by atoms with Crippen molar-refractivity contribution in [3.05, 3.63) is 0 Å². The average Bonchev–Trinajstić information content (AvgIpc) is 2.74. The Kier molecular flexibility index (Phi) is 8.81. The van der Waals surface area contributed by atoms with Gasteiger partial charge in [0.1, 0.15) is 6.17 Å². The summed E-state index contributed by atoms with van der Waals surface area (Å²) in [5.74, 6) is 0. The number of halogens is 1. The van der Waals surface area contributed by atoms with Crippen LogP contribution >= 0.6 is 0 Å². The predicted octanol–water partition coefficient (Wildman–Crippen LogP) is 3.48. The summed E-state index contributed by atoms with van der Waals surface area (Å²) < 4.78 is 18.5. The number of ether oxygens (including phenoxy) is 1. The van der Waals surface area contributed by atoms with Crippen molar-refractivity contribution in [3.8, 4) is 0 Å². The van der Waals surface area contributed by atoms with E-state index in [0.29, 0.717) is 25.2 Å². The maximum absolute atomic E-state index is 13.2. The molecule has 0 aromatic heterocycles. The number of hydrogen-bond donors (Lipinski definition) is 0. The Morgan fingerprint density at radius 1 is 0.871 bits per heavy atom. The lowest BCUT2D eigenvalue weighted by Gasteiger charge is -2.50. The minimum Gasteiger partial charge on any atom is -0.383 e. The quantitative estimate of drug-likeness (QED) is 0.517. The van der Waals surface area contributed by atoms with Gasteiger partial charge in [0, 0.05) is 76.1 Å². The number of likely N-dealkylation sites (tertiary alicyclic amines) is 3. The fraction of sp³-hybridized carbons (Fsp3) is 1.00. The van der Waals surface area contributed by atoms with E-state index in [2.05, 4.69) is 54.3 Å². The molecule has 0 atom stereocenters. The Hall–Kier alpha value is -0.270. The Labute approximate surface area is 191 Å². The zero-order valence-corrected chi connectivity index (χ0v) is 21.2. The number of alkyl halides is 1. The molecule has 0 aromatic rings. The van der Waals surface area contributed by atoms with Gasteiger partial charge in [-0.15, -0.1) is 0 Å². The van der Waals surface area contributed by atoms with Crippen molar-refractivity contribution in [2.45, 2.75) is 95.6 Å². The van der Waals surface area contributed by atoms with Crippen molar-refractivity contribution in [2.24, 2.45) is 0 Å². The number of likely N-dealkylation sites (N-methyl/N-ethyl adjacent to an activating group) is 1. The number of rotatable bonds is 10. The van der Waals surface area contributed by atoms with Crippen LogP contribution in [0.15, 0.2) is 0 Å². The van der Waals surface area contributed by atoms with Crippen molar-refractivity contribution in [1.29, 1.82) is 0 Å². The van der Waals surface area contributed by atoms with Crippen molar-refractivity contribution in [2.75, 3.05) is 66.6 Å². The summed E-state index contributed by atoms with van der Waals surface area (Å²) in [6.45, 7) is 17.7. The molecular formula is C25H49FN4O. The van der Waals surface area contributed by atoms with Crippen LogP contribution in [0.25, 0.3) is 0 Å². The van der Waals surface area contributed by atoms with Crippen LogP contribution in [0.3, 0.4) is 0 Å². The Bertz CT molecular complexity index is 536. The number of hydrogen-bond acceptors (Lipinski definition) is 5. The van der Waals surface area contributed by atoms with Gasteiger partial charge in [0.05, 0.1) is 6.61 Å². The van der Waals surface area contributed by atoms with Crippen LogP contribution in [0.5, 0.6) is 0 Å². The van der Waals surface area contributed by atoms with Gasteiger partial charge < -0.3 is 9.64 Å². The molecule has 182 valence electrons. The van der Waals surface area contributed by atoms with E-state index in [1.807, 2.05) is 0 Å². The summed E-state index contributed by atoms with van der Waals surface area (Å²) in [6.07, 6.45) is 6.81. The highest BCUT2D eigenvalue weighted by molar-refractivity contribution is 4.95. The molecule has 0 N–H and O–H groups in total. The second-order valence-electron chi connectivity index (χ2n) is 11.6. The number of methoxy groups -OCH3 is 1. The van der Waals surface area contributed by atoms with Crippen LogP contribution in [-0.2, 0) is 4.74 Å². The third-order valence-corrected chi connectivity index (χ3v) is 8.64. The van der Waals surface area contributed by atoms with Crippen molar-refractivity contribution in [1.82, 2.24) is 19.6 Å². The summed E-state index contributed by atoms with van der Waals surface area (Å²) in [5, 5.41) is 0. The first-order chi connectivity index (χ1) is 14.6. The fourth-order valence-corrected chi connectivity index (χ4v) is 5.85. The van der Waals surface area contributed by atoms with E-state index in [4.69, 9.17) is 4.74 Å².